The molecule has 6 nitrogen and oxygen atoms in total. The van der Waals surface area contributed by atoms with Crippen LogP contribution in [0.2, 0.25) is 0 Å². The highest BCUT2D eigenvalue weighted by molar-refractivity contribution is 14.1. The zero-order valence-corrected chi connectivity index (χ0v) is 16.0. The average Bonchev–Trinajstić information content (AvgIpc) is 2.89. The molecule has 0 unspecified atom stereocenters. The lowest BCUT2D eigenvalue weighted by Gasteiger charge is -2.08. The maximum Gasteiger partial charge on any atom is 0.348 e. The highest BCUT2D eigenvalue weighted by Gasteiger charge is 2.22. The summed E-state index contributed by atoms with van der Waals surface area (Å²) in [6.45, 7) is 1.87. The molecule has 0 saturated heterocycles. The van der Waals surface area contributed by atoms with Crippen molar-refractivity contribution >= 4 is 49.2 Å². The molecule has 3 aromatic heterocycles. The third kappa shape index (κ3) is 2.39. The van der Waals surface area contributed by atoms with Crippen LogP contribution in [0.3, 0.4) is 0 Å². The summed E-state index contributed by atoms with van der Waals surface area (Å²) < 4.78 is 28.7. The van der Waals surface area contributed by atoms with Gasteiger partial charge >= 0.3 is 5.69 Å². The van der Waals surface area contributed by atoms with E-state index in [9.17, 15) is 13.2 Å². The predicted octanol–water partition coefficient (Wildman–Crippen LogP) is 2.80. The van der Waals surface area contributed by atoms with Gasteiger partial charge in [0.1, 0.15) is 5.65 Å². The molecule has 1 aromatic carbocycles. The van der Waals surface area contributed by atoms with Crippen LogP contribution in [-0.2, 0) is 10.0 Å². The van der Waals surface area contributed by atoms with Gasteiger partial charge in [-0.1, -0.05) is 17.7 Å². The van der Waals surface area contributed by atoms with E-state index in [0.717, 1.165) is 18.5 Å². The van der Waals surface area contributed by atoms with Crippen molar-refractivity contribution in [1.29, 1.82) is 0 Å². The highest BCUT2D eigenvalue weighted by Crippen LogP contribution is 2.25. The van der Waals surface area contributed by atoms with Crippen LogP contribution in [-0.4, -0.2) is 21.8 Å². The van der Waals surface area contributed by atoms with Crippen molar-refractivity contribution in [3.8, 4) is 0 Å². The van der Waals surface area contributed by atoms with E-state index in [4.69, 9.17) is 0 Å². The van der Waals surface area contributed by atoms with E-state index in [1.54, 1.807) is 30.5 Å². The number of halogens is 1. The molecular weight excluding hydrogens is 453 g/mol. The first-order valence-electron chi connectivity index (χ1n) is 7.40. The number of aryl methyl sites for hydroxylation is 1. The smallest absolute Gasteiger partial charge is 0.246 e. The molecule has 8 heteroatoms. The van der Waals surface area contributed by atoms with Crippen LogP contribution in [0.25, 0.3) is 16.6 Å². The van der Waals surface area contributed by atoms with Gasteiger partial charge in [0.15, 0.2) is 0 Å². The van der Waals surface area contributed by atoms with Gasteiger partial charge < -0.3 is 0 Å². The average molecular weight is 465 g/mol. The number of hydrogen-bond acceptors (Lipinski definition) is 4. The Hall–Kier alpha value is -2.20. The second-order valence-electron chi connectivity index (χ2n) is 5.62. The van der Waals surface area contributed by atoms with E-state index in [2.05, 4.69) is 27.6 Å². The zero-order valence-electron chi connectivity index (χ0n) is 13.0. The van der Waals surface area contributed by atoms with Crippen LogP contribution >= 0.6 is 22.6 Å². The molecular formula is C17H12IN3O3S. The van der Waals surface area contributed by atoms with E-state index >= 15 is 0 Å². The normalized spacial score (nSPS) is 12.1. The summed E-state index contributed by atoms with van der Waals surface area (Å²) in [7, 11) is -3.98. The minimum absolute atomic E-state index is 0.0682. The second kappa shape index (κ2) is 5.67. The Morgan fingerprint density at radius 3 is 2.52 bits per heavy atom. The first-order valence-corrected chi connectivity index (χ1v) is 9.92. The quantitative estimate of drug-likeness (QED) is 0.427. The van der Waals surface area contributed by atoms with Crippen molar-refractivity contribution in [1.82, 2.24) is 13.4 Å². The summed E-state index contributed by atoms with van der Waals surface area (Å²) in [4.78, 5) is 17.3. The molecule has 0 amide bonds. The topological polar surface area (TPSA) is 73.4 Å². The summed E-state index contributed by atoms with van der Waals surface area (Å²) in [6.07, 6.45) is 2.88. The molecule has 4 aromatic rings. The molecule has 0 fully saturated rings. The third-order valence-corrected chi connectivity index (χ3v) is 6.82. The van der Waals surface area contributed by atoms with E-state index in [0.29, 0.717) is 11.2 Å². The molecule has 0 saturated carbocycles. The van der Waals surface area contributed by atoms with Crippen LogP contribution in [0, 0.1) is 10.5 Å². The Labute approximate surface area is 156 Å². The number of hydrogen-bond donors (Lipinski definition) is 0. The summed E-state index contributed by atoms with van der Waals surface area (Å²) in [5, 5.41) is 0.811. The first kappa shape index (κ1) is 16.3. The number of fused-ring (bicyclic) bond motifs is 3. The Balaban J connectivity index is 2.07. The van der Waals surface area contributed by atoms with Gasteiger partial charge in [-0.2, -0.15) is 3.97 Å². The van der Waals surface area contributed by atoms with Gasteiger partial charge in [-0.3, -0.25) is 0 Å². The minimum atomic E-state index is -3.98. The van der Waals surface area contributed by atoms with Crippen LogP contribution in [0.4, 0.5) is 0 Å². The van der Waals surface area contributed by atoms with Crippen LogP contribution in [0.15, 0.2) is 64.5 Å². The lowest BCUT2D eigenvalue weighted by molar-refractivity contribution is 0.583. The Morgan fingerprint density at radius 1 is 1.08 bits per heavy atom. The first-order chi connectivity index (χ1) is 11.9. The summed E-state index contributed by atoms with van der Waals surface area (Å²) >= 11 is 2.14. The second-order valence-corrected chi connectivity index (χ2v) is 8.52. The van der Waals surface area contributed by atoms with Gasteiger partial charge in [0.2, 0.25) is 0 Å². The molecule has 4 rings (SSSR count). The van der Waals surface area contributed by atoms with Gasteiger partial charge in [-0.25, -0.2) is 22.6 Å². The maximum atomic E-state index is 12.9. The Kier molecular flexibility index (Phi) is 3.69. The fourth-order valence-corrected chi connectivity index (χ4v) is 4.80. The molecule has 0 spiro atoms. The van der Waals surface area contributed by atoms with Gasteiger partial charge in [0.25, 0.3) is 10.0 Å². The van der Waals surface area contributed by atoms with Crippen LogP contribution in [0.1, 0.15) is 5.56 Å². The van der Waals surface area contributed by atoms with Gasteiger partial charge in [0, 0.05) is 21.4 Å². The maximum absolute atomic E-state index is 12.9. The van der Waals surface area contributed by atoms with Crippen molar-refractivity contribution in [2.45, 2.75) is 11.8 Å². The lowest BCUT2D eigenvalue weighted by atomic mass is 10.2. The summed E-state index contributed by atoms with van der Waals surface area (Å²) in [6, 6.07) is 11.7. The molecule has 3 heterocycles. The fourth-order valence-electron chi connectivity index (χ4n) is 2.75. The monoisotopic (exact) mass is 465 g/mol. The molecule has 25 heavy (non-hydrogen) atoms. The molecule has 0 aliphatic rings. The van der Waals surface area contributed by atoms with E-state index in [1.165, 1.54) is 22.7 Å². The fraction of sp³-hybridized carbons (Fsp3) is 0.0588. The van der Waals surface area contributed by atoms with Crippen LogP contribution in [0.5, 0.6) is 0 Å². The highest BCUT2D eigenvalue weighted by atomic mass is 127. The summed E-state index contributed by atoms with van der Waals surface area (Å²) in [5.41, 5.74) is 1.36. The van der Waals surface area contributed by atoms with Gasteiger partial charge in [-0.15, -0.1) is 0 Å². The SMILES string of the molecule is Cc1ccc(S(=O)(=O)n2ccc3c(I)c4cccnc4n3c2=O)cc1. The number of benzene rings is 1. The van der Waals surface area contributed by atoms with Crippen molar-refractivity contribution in [3.63, 3.8) is 0 Å². The van der Waals surface area contributed by atoms with E-state index < -0.39 is 15.7 Å². The largest absolute Gasteiger partial charge is 0.348 e. The van der Waals surface area contributed by atoms with Crippen molar-refractivity contribution < 1.29 is 8.42 Å². The molecule has 0 bridgehead atoms. The third-order valence-electron chi connectivity index (χ3n) is 4.03. The minimum Gasteiger partial charge on any atom is -0.246 e. The van der Waals surface area contributed by atoms with Gasteiger partial charge in [0.05, 0.1) is 10.4 Å². The van der Waals surface area contributed by atoms with Crippen LogP contribution < -0.4 is 5.69 Å². The predicted molar refractivity (Wildman–Crippen MR) is 103 cm³/mol. The molecule has 0 atom stereocenters. The number of pyridine rings is 1. The van der Waals surface area contributed by atoms with E-state index in [-0.39, 0.29) is 4.90 Å². The molecule has 0 radical (unpaired) electrons. The van der Waals surface area contributed by atoms with Crippen molar-refractivity contribution in [3.05, 3.63) is 74.5 Å². The van der Waals surface area contributed by atoms with E-state index in [1.807, 2.05) is 13.0 Å². The van der Waals surface area contributed by atoms with Crippen molar-refractivity contribution in [2.24, 2.45) is 0 Å². The summed E-state index contributed by atoms with van der Waals surface area (Å²) in [5.74, 6) is 0. The molecule has 0 aliphatic carbocycles. The Bertz CT molecular complexity index is 1290. The van der Waals surface area contributed by atoms with Gasteiger partial charge in [-0.05, 0) is 59.8 Å². The molecule has 0 aliphatic heterocycles. The molecule has 0 N–H and O–H groups in total. The van der Waals surface area contributed by atoms with Crippen molar-refractivity contribution in [2.75, 3.05) is 0 Å². The standard InChI is InChI=1S/C17H12IN3O3S/c1-11-4-6-12(7-5-11)25(23,24)20-10-8-14-15(18)13-3-2-9-19-16(13)21(14)17(20)22/h2-10H,1H3. The Morgan fingerprint density at radius 2 is 1.80 bits per heavy atom. The number of aromatic nitrogens is 3. The number of nitrogens with zero attached hydrogens (tertiary/aromatic N) is 3. The zero-order chi connectivity index (χ0) is 17.8. The molecule has 126 valence electrons. The lowest BCUT2D eigenvalue weighted by Crippen LogP contribution is -2.31. The number of rotatable bonds is 2.